The van der Waals surface area contributed by atoms with Crippen LogP contribution in [0, 0.1) is 17.3 Å². The summed E-state index contributed by atoms with van der Waals surface area (Å²) in [6.45, 7) is 16.5. The Morgan fingerprint density at radius 3 is 2.59 bits per heavy atom. The van der Waals surface area contributed by atoms with Gasteiger partial charge in [0, 0.05) is 5.92 Å². The van der Waals surface area contributed by atoms with E-state index in [1.54, 1.807) is 13.0 Å². The van der Waals surface area contributed by atoms with Crippen LogP contribution >= 0.6 is 0 Å². The lowest BCUT2D eigenvalue weighted by atomic mass is 9.61. The number of hydrogen-bond donors (Lipinski definition) is 1. The average Bonchev–Trinajstić information content (AvgIpc) is 2.23. The SMILES string of the molecule is C=CC(C)(O)C=CC1C(=C)CCC(C)C1(C)C. The molecule has 3 unspecified atom stereocenters. The minimum absolute atomic E-state index is 0.211. The summed E-state index contributed by atoms with van der Waals surface area (Å²) in [6.07, 6.45) is 7.82. The van der Waals surface area contributed by atoms with Crippen molar-refractivity contribution in [2.24, 2.45) is 17.3 Å². The molecule has 0 aliphatic heterocycles. The molecular formula is C16H26O. The van der Waals surface area contributed by atoms with Crippen molar-refractivity contribution in [3.63, 3.8) is 0 Å². The van der Waals surface area contributed by atoms with E-state index in [1.165, 1.54) is 12.0 Å². The molecular weight excluding hydrogens is 208 g/mol. The number of allylic oxidation sites excluding steroid dienone is 2. The first-order valence-electron chi connectivity index (χ1n) is 6.43. The lowest BCUT2D eigenvalue weighted by Gasteiger charge is -2.44. The maximum atomic E-state index is 9.94. The Bertz CT molecular complexity index is 333. The first kappa shape index (κ1) is 14.2. The zero-order valence-corrected chi connectivity index (χ0v) is 11.7. The van der Waals surface area contributed by atoms with Gasteiger partial charge in [0.05, 0.1) is 5.60 Å². The smallest absolute Gasteiger partial charge is 0.0978 e. The van der Waals surface area contributed by atoms with Crippen molar-refractivity contribution in [2.75, 3.05) is 0 Å². The highest BCUT2D eigenvalue weighted by molar-refractivity contribution is 5.21. The number of hydrogen-bond acceptors (Lipinski definition) is 1. The molecule has 1 fully saturated rings. The quantitative estimate of drug-likeness (QED) is 0.729. The zero-order chi connectivity index (χ0) is 13.3. The second-order valence-electron chi connectivity index (χ2n) is 6.19. The van der Waals surface area contributed by atoms with Gasteiger partial charge in [-0.3, -0.25) is 0 Å². The van der Waals surface area contributed by atoms with Gasteiger partial charge in [0.1, 0.15) is 0 Å². The average molecular weight is 234 g/mol. The molecule has 3 atom stereocenters. The molecule has 1 heteroatoms. The van der Waals surface area contributed by atoms with Crippen LogP contribution in [0.2, 0.25) is 0 Å². The third-order valence-corrected chi connectivity index (χ3v) is 4.45. The Kier molecular flexibility index (Phi) is 4.03. The van der Waals surface area contributed by atoms with Gasteiger partial charge in [-0.1, -0.05) is 57.7 Å². The molecule has 0 aromatic heterocycles. The van der Waals surface area contributed by atoms with E-state index in [-0.39, 0.29) is 5.41 Å². The third-order valence-electron chi connectivity index (χ3n) is 4.45. The topological polar surface area (TPSA) is 20.2 Å². The Balaban J connectivity index is 2.94. The lowest BCUT2D eigenvalue weighted by molar-refractivity contribution is 0.136. The van der Waals surface area contributed by atoms with E-state index in [0.29, 0.717) is 11.8 Å². The van der Waals surface area contributed by atoms with E-state index in [2.05, 4.69) is 40.0 Å². The van der Waals surface area contributed by atoms with Crippen LogP contribution in [0.1, 0.15) is 40.5 Å². The van der Waals surface area contributed by atoms with Crippen molar-refractivity contribution < 1.29 is 5.11 Å². The van der Waals surface area contributed by atoms with Crippen LogP contribution in [0.25, 0.3) is 0 Å². The maximum Gasteiger partial charge on any atom is 0.0978 e. The van der Waals surface area contributed by atoms with Crippen molar-refractivity contribution in [1.82, 2.24) is 0 Å². The molecule has 1 N–H and O–H groups in total. The van der Waals surface area contributed by atoms with Gasteiger partial charge < -0.3 is 5.11 Å². The van der Waals surface area contributed by atoms with Crippen LogP contribution in [-0.4, -0.2) is 10.7 Å². The van der Waals surface area contributed by atoms with Gasteiger partial charge in [-0.25, -0.2) is 0 Å². The van der Waals surface area contributed by atoms with Gasteiger partial charge in [-0.15, -0.1) is 0 Å². The van der Waals surface area contributed by atoms with Crippen molar-refractivity contribution in [3.05, 3.63) is 37.0 Å². The second-order valence-corrected chi connectivity index (χ2v) is 6.19. The first-order chi connectivity index (χ1) is 7.70. The van der Waals surface area contributed by atoms with E-state index in [4.69, 9.17) is 0 Å². The van der Waals surface area contributed by atoms with E-state index in [1.807, 2.05) is 6.08 Å². The molecule has 0 heterocycles. The van der Waals surface area contributed by atoms with Crippen LogP contribution in [0.3, 0.4) is 0 Å². The van der Waals surface area contributed by atoms with Crippen molar-refractivity contribution in [2.45, 2.75) is 46.1 Å². The van der Waals surface area contributed by atoms with Gasteiger partial charge in [0.25, 0.3) is 0 Å². The highest BCUT2D eigenvalue weighted by atomic mass is 16.3. The van der Waals surface area contributed by atoms with E-state index < -0.39 is 5.60 Å². The lowest BCUT2D eigenvalue weighted by Crippen LogP contribution is -2.35. The number of aliphatic hydroxyl groups is 1. The highest BCUT2D eigenvalue weighted by Crippen LogP contribution is 2.47. The van der Waals surface area contributed by atoms with Gasteiger partial charge in [0.15, 0.2) is 0 Å². The summed E-state index contributed by atoms with van der Waals surface area (Å²) >= 11 is 0. The molecule has 0 spiro atoms. The molecule has 1 aliphatic carbocycles. The molecule has 0 bridgehead atoms. The van der Waals surface area contributed by atoms with Crippen molar-refractivity contribution >= 4 is 0 Å². The van der Waals surface area contributed by atoms with Crippen LogP contribution in [0.4, 0.5) is 0 Å². The predicted molar refractivity (Wildman–Crippen MR) is 74.8 cm³/mol. The Labute approximate surface area is 106 Å². The fourth-order valence-corrected chi connectivity index (χ4v) is 2.51. The van der Waals surface area contributed by atoms with Gasteiger partial charge in [-0.05, 0) is 31.1 Å². The second kappa shape index (κ2) is 4.81. The summed E-state index contributed by atoms with van der Waals surface area (Å²) in [7, 11) is 0. The van der Waals surface area contributed by atoms with E-state index >= 15 is 0 Å². The van der Waals surface area contributed by atoms with Crippen LogP contribution in [0.15, 0.2) is 37.0 Å². The molecule has 1 nitrogen and oxygen atoms in total. The molecule has 1 saturated carbocycles. The number of rotatable bonds is 3. The molecule has 0 aromatic rings. The Hall–Kier alpha value is -0.820. The summed E-state index contributed by atoms with van der Waals surface area (Å²) in [4.78, 5) is 0. The Morgan fingerprint density at radius 2 is 2.06 bits per heavy atom. The summed E-state index contributed by atoms with van der Waals surface area (Å²) in [5, 5.41) is 9.94. The van der Waals surface area contributed by atoms with Crippen molar-refractivity contribution in [1.29, 1.82) is 0 Å². The summed E-state index contributed by atoms with van der Waals surface area (Å²) in [5.74, 6) is 1.02. The molecule has 0 amide bonds. The van der Waals surface area contributed by atoms with E-state index in [0.717, 1.165) is 6.42 Å². The van der Waals surface area contributed by atoms with E-state index in [9.17, 15) is 5.11 Å². The largest absolute Gasteiger partial charge is 0.382 e. The van der Waals surface area contributed by atoms with Crippen molar-refractivity contribution in [3.8, 4) is 0 Å². The molecule has 1 aliphatic rings. The monoisotopic (exact) mass is 234 g/mol. The molecule has 96 valence electrons. The fraction of sp³-hybridized carbons (Fsp3) is 0.625. The van der Waals surface area contributed by atoms with Gasteiger partial charge in [0.2, 0.25) is 0 Å². The van der Waals surface area contributed by atoms with Gasteiger partial charge >= 0.3 is 0 Å². The Morgan fingerprint density at radius 1 is 1.47 bits per heavy atom. The van der Waals surface area contributed by atoms with Crippen LogP contribution < -0.4 is 0 Å². The first-order valence-corrected chi connectivity index (χ1v) is 6.43. The highest BCUT2D eigenvalue weighted by Gasteiger charge is 2.38. The molecule has 17 heavy (non-hydrogen) atoms. The molecule has 0 radical (unpaired) electrons. The van der Waals surface area contributed by atoms with Gasteiger partial charge in [-0.2, -0.15) is 0 Å². The van der Waals surface area contributed by atoms with Crippen LogP contribution in [0.5, 0.6) is 0 Å². The molecule has 0 saturated heterocycles. The zero-order valence-electron chi connectivity index (χ0n) is 11.7. The minimum atomic E-state index is -0.920. The fourth-order valence-electron chi connectivity index (χ4n) is 2.51. The predicted octanol–water partition coefficient (Wildman–Crippen LogP) is 4.11. The summed E-state index contributed by atoms with van der Waals surface area (Å²) in [6, 6.07) is 0. The summed E-state index contributed by atoms with van der Waals surface area (Å²) < 4.78 is 0. The molecule has 0 aromatic carbocycles. The van der Waals surface area contributed by atoms with Crippen LogP contribution in [-0.2, 0) is 0 Å². The minimum Gasteiger partial charge on any atom is -0.382 e. The normalized spacial score (nSPS) is 32.4. The maximum absolute atomic E-state index is 9.94. The third kappa shape index (κ3) is 3.10. The standard InChI is InChI=1S/C16H26O/c1-7-16(6,17)11-10-14-12(2)8-9-13(3)15(14,4)5/h7,10-11,13-14,17H,1-2,8-9H2,3-6H3. The molecule has 1 rings (SSSR count). The summed E-state index contributed by atoms with van der Waals surface area (Å²) in [5.41, 5.74) is 0.573.